The number of β-amino-alcohol motifs (C(OH)–C–C–N with tert-alkyl or cyclic N) is 3. The molecular formula is C84H119Cl2N7O22. The second-order valence-corrected chi connectivity index (χ2v) is 31.6. The fourth-order valence-corrected chi connectivity index (χ4v) is 13.2. The van der Waals surface area contributed by atoms with Crippen molar-refractivity contribution in [3.63, 3.8) is 0 Å². The zero-order valence-corrected chi connectivity index (χ0v) is 69.0. The van der Waals surface area contributed by atoms with Gasteiger partial charge in [-0.2, -0.15) is 0 Å². The van der Waals surface area contributed by atoms with Crippen LogP contribution < -0.4 is 34.9 Å². The van der Waals surface area contributed by atoms with E-state index in [0.29, 0.717) is 97.7 Å². The number of alkyl carbamates (subject to hydrolysis) is 2. The summed E-state index contributed by atoms with van der Waals surface area (Å²) in [6.45, 7) is 20.2. The molecule has 0 aliphatic carbocycles. The minimum Gasteiger partial charge on any atom is -0.491 e. The highest BCUT2D eigenvalue weighted by Gasteiger charge is 2.37. The van der Waals surface area contributed by atoms with Crippen molar-refractivity contribution in [1.82, 2.24) is 35.6 Å². The quantitative estimate of drug-likeness (QED) is 0.0177. The normalized spacial score (nSPS) is 19.1. The Bertz CT molecular complexity index is 3690. The molecule has 6 heterocycles. The third-order valence-electron chi connectivity index (χ3n) is 19.0. The molecule has 6 fully saturated rings. The number of nitrogens with zero attached hydrogens (tertiary/aromatic N) is 4. The van der Waals surface area contributed by atoms with Crippen molar-refractivity contribution in [2.24, 2.45) is 0 Å². The van der Waals surface area contributed by atoms with E-state index in [9.17, 15) is 44.4 Å². The molecule has 115 heavy (non-hydrogen) atoms. The number of likely N-dealkylation sites (tertiary alicyclic amines) is 3. The Hall–Kier alpha value is -7.69. The second-order valence-electron chi connectivity index (χ2n) is 30.8. The van der Waals surface area contributed by atoms with Gasteiger partial charge in [-0.3, -0.25) is 19.4 Å². The van der Waals surface area contributed by atoms with Crippen LogP contribution in [0.15, 0.2) is 115 Å². The van der Waals surface area contributed by atoms with Gasteiger partial charge >= 0.3 is 18.2 Å². The Labute approximate surface area is 685 Å². The third kappa shape index (κ3) is 33.3. The lowest BCUT2D eigenvalue weighted by Gasteiger charge is -2.40. The molecule has 0 bridgehead atoms. The molecule has 11 rings (SSSR count). The highest BCUT2D eigenvalue weighted by molar-refractivity contribution is 6.42. The number of nitrogens with one attached hydrogen (secondary N) is 3. The van der Waals surface area contributed by atoms with Gasteiger partial charge in [0.15, 0.2) is 24.9 Å². The van der Waals surface area contributed by atoms with E-state index < -0.39 is 47.5 Å². The Kier molecular flexibility index (Phi) is 38.5. The minimum atomic E-state index is -1.21. The Morgan fingerprint density at radius 1 is 0.504 bits per heavy atom. The number of aliphatic carboxylic acids is 1. The summed E-state index contributed by atoms with van der Waals surface area (Å²) in [5.41, 5.74) is 2.61. The first-order chi connectivity index (χ1) is 55.1. The maximum atomic E-state index is 13.0. The number of benzene rings is 5. The van der Waals surface area contributed by atoms with Gasteiger partial charge in [0.2, 0.25) is 11.8 Å². The van der Waals surface area contributed by atoms with Crippen LogP contribution in [0.4, 0.5) is 9.59 Å². The molecule has 4 amide bonds. The number of hydrogen-bond donors (Lipinski definition) is 8. The van der Waals surface area contributed by atoms with Gasteiger partial charge in [0.1, 0.15) is 66.7 Å². The molecule has 7 atom stereocenters. The van der Waals surface area contributed by atoms with Crippen LogP contribution >= 0.6 is 23.2 Å². The summed E-state index contributed by atoms with van der Waals surface area (Å²) < 4.78 is 66.4. The van der Waals surface area contributed by atoms with Crippen molar-refractivity contribution in [3.8, 4) is 23.0 Å². The fourth-order valence-electron chi connectivity index (χ4n) is 12.9. The highest BCUT2D eigenvalue weighted by Crippen LogP contribution is 2.31. The van der Waals surface area contributed by atoms with Crippen molar-refractivity contribution < 1.29 is 106 Å². The van der Waals surface area contributed by atoms with Crippen molar-refractivity contribution in [2.45, 2.75) is 178 Å². The number of rotatable bonds is 34. The van der Waals surface area contributed by atoms with Gasteiger partial charge in [0.05, 0.1) is 67.2 Å². The monoisotopic (exact) mass is 1650 g/mol. The Balaban J connectivity index is 0.000000192. The largest absolute Gasteiger partial charge is 0.491 e. The number of amides is 4. The van der Waals surface area contributed by atoms with Crippen molar-refractivity contribution >= 4 is 53.2 Å². The first-order valence-corrected chi connectivity index (χ1v) is 40.4. The minimum absolute atomic E-state index is 0.0416. The Morgan fingerprint density at radius 2 is 0.896 bits per heavy atom. The summed E-state index contributed by atoms with van der Waals surface area (Å²) >= 11 is 12.0. The number of ether oxygens (including phenoxy) is 12. The predicted molar refractivity (Wildman–Crippen MR) is 430 cm³/mol. The molecular weight excluding hydrogens is 1530 g/mol. The zero-order valence-electron chi connectivity index (χ0n) is 67.5. The molecule has 0 spiro atoms. The van der Waals surface area contributed by atoms with Gasteiger partial charge in [-0.25, -0.2) is 14.4 Å². The van der Waals surface area contributed by atoms with Crippen LogP contribution in [-0.4, -0.2) is 263 Å². The molecule has 6 saturated heterocycles. The van der Waals surface area contributed by atoms with Crippen LogP contribution in [0.25, 0.3) is 0 Å². The van der Waals surface area contributed by atoms with Crippen molar-refractivity contribution in [2.75, 3.05) is 139 Å². The van der Waals surface area contributed by atoms with E-state index in [4.69, 9.17) is 85.2 Å². The predicted octanol–water partition coefficient (Wildman–Crippen LogP) is 9.97. The van der Waals surface area contributed by atoms with Crippen LogP contribution in [-0.2, 0) is 58.7 Å². The number of likely N-dealkylation sites (N-methyl/N-ethyl adjacent to an activating group) is 2. The average molecular weight is 1650 g/mol. The molecule has 636 valence electrons. The van der Waals surface area contributed by atoms with Crippen LogP contribution in [0, 0.1) is 0 Å². The summed E-state index contributed by atoms with van der Waals surface area (Å²) in [5, 5.41) is 56.1. The number of carboxylic acid groups (broad SMARTS) is 1. The van der Waals surface area contributed by atoms with Crippen LogP contribution in [0.3, 0.4) is 0 Å². The maximum Gasteiger partial charge on any atom is 0.408 e. The van der Waals surface area contributed by atoms with E-state index in [1.54, 1.807) is 120 Å². The zero-order chi connectivity index (χ0) is 82.9. The summed E-state index contributed by atoms with van der Waals surface area (Å²) in [7, 11) is 3.76. The lowest BCUT2D eigenvalue weighted by molar-refractivity contribution is -0.165. The van der Waals surface area contributed by atoms with Gasteiger partial charge in [0.25, 0.3) is 0 Å². The van der Waals surface area contributed by atoms with E-state index in [2.05, 4.69) is 37.9 Å². The molecule has 8 N–H and O–H groups in total. The standard InChI is InChI=1S/C23H34N2O7.C22H26Cl2N2O4.C20H29NO7.C19H30N2O4/c1-23(2,3)32-22(28)24-20(21(27)25-14-17(26)15-25)16-7-9-18(10-8-16)29-12-13-31-19-6-4-5-11-30-19;1-25(22(29)11-15-2-7-19(23)20(24)10-15)21(14-26-12-17(28)13-26)16-3-5-18(6-4-16)30-9-8-27;1-20(2,3)28-19(24)21-17(18(22)23)14-7-9-15(10-8-14)25-12-13-27-16-6-4-5-11-26-16;1-20-18(14-21-12-16(22)13-21)15-5-7-17(8-6-15)23-10-11-25-19-4-2-3-9-24-19/h7-10,17,19-20,26H,4-6,11-15H2,1-3H3,(H,24,28);2-7,10,17,21,27-28H,8-9,11-14H2,1H3;7-10,16-17H,4-6,11-13H2,1-3H3,(H,21,24)(H,22,23);5-8,16,18-20,22H,2-4,9-14H2,1H3/t19?,20-;21-;16?,17-;18-,19?/m0101/s1. The lowest BCUT2D eigenvalue weighted by Crippen LogP contribution is -2.56. The van der Waals surface area contributed by atoms with Crippen LogP contribution in [0.2, 0.25) is 10.0 Å². The second kappa shape index (κ2) is 47.6. The number of carbonyl (C=O) groups excluding carboxylic acids is 4. The molecule has 5 aromatic carbocycles. The smallest absolute Gasteiger partial charge is 0.408 e. The molecule has 0 aromatic heterocycles. The Morgan fingerprint density at radius 3 is 1.27 bits per heavy atom. The molecule has 29 nitrogen and oxygen atoms in total. The number of carboxylic acids is 1. The first kappa shape index (κ1) is 92.8. The van der Waals surface area contributed by atoms with Gasteiger partial charge in [0, 0.05) is 85.3 Å². The maximum absolute atomic E-state index is 13.0. The molecule has 5 aromatic rings. The SMILES string of the molecule is CC(C)(C)OC(=O)N[C@H](C(=O)N1CC(O)C1)c1ccc(OCCOC2CCCCO2)cc1.CC(C)(C)OC(=O)N[C@H](C(=O)O)c1ccc(OCCOC2CCCCO2)cc1.CN(C(=O)Cc1ccc(Cl)c(Cl)c1)[C@H](CN1CC(O)C1)c1ccc(OCCO)cc1.CN[C@H](CN1CC(O)C1)c1ccc(OCCOC2CCCCO2)cc1. The van der Waals surface area contributed by atoms with Gasteiger partial charge in [-0.05, 0) is 195 Å². The fraction of sp³-hybridized carbons (Fsp3) is 0.583. The number of aliphatic hydroxyl groups is 4. The van der Waals surface area contributed by atoms with Gasteiger partial charge in [-0.1, -0.05) is 77.8 Å². The molecule has 6 aliphatic rings. The summed E-state index contributed by atoms with van der Waals surface area (Å²) in [4.78, 5) is 69.2. The molecule has 6 aliphatic heterocycles. The summed E-state index contributed by atoms with van der Waals surface area (Å²) in [5.74, 6) is 1.21. The number of carbonyl (C=O) groups is 5. The number of halogens is 2. The van der Waals surface area contributed by atoms with E-state index in [-0.39, 0.29) is 87.7 Å². The van der Waals surface area contributed by atoms with Gasteiger partial charge in [-0.15, -0.1) is 0 Å². The average Bonchev–Trinajstić information content (AvgIpc) is 0.803. The molecule has 0 saturated carbocycles. The highest BCUT2D eigenvalue weighted by atomic mass is 35.5. The van der Waals surface area contributed by atoms with Crippen molar-refractivity contribution in [3.05, 3.63) is 153 Å². The molecule has 0 radical (unpaired) electrons. The van der Waals surface area contributed by atoms with E-state index in [0.717, 1.165) is 108 Å². The van der Waals surface area contributed by atoms with Crippen LogP contribution in [0.5, 0.6) is 23.0 Å². The van der Waals surface area contributed by atoms with Gasteiger partial charge < -0.3 is 108 Å². The number of aliphatic hydroxyl groups excluding tert-OH is 4. The third-order valence-corrected chi connectivity index (χ3v) is 19.7. The van der Waals surface area contributed by atoms with E-state index in [1.165, 1.54) is 16.9 Å². The molecule has 31 heteroatoms. The number of hydrogen-bond acceptors (Lipinski definition) is 24. The van der Waals surface area contributed by atoms with E-state index >= 15 is 0 Å². The lowest BCUT2D eigenvalue weighted by atomic mass is 10.0. The first-order valence-electron chi connectivity index (χ1n) is 39.6. The van der Waals surface area contributed by atoms with Crippen molar-refractivity contribution in [1.29, 1.82) is 0 Å². The topological polar surface area (TPSA) is 346 Å². The summed E-state index contributed by atoms with van der Waals surface area (Å²) in [6.07, 6.45) is 6.84. The van der Waals surface area contributed by atoms with Crippen LogP contribution in [0.1, 0.15) is 151 Å². The van der Waals surface area contributed by atoms with E-state index in [1.807, 2.05) is 43.4 Å². The molecule has 3 unspecified atom stereocenters. The summed E-state index contributed by atoms with van der Waals surface area (Å²) in [6, 6.07) is 32.3.